The van der Waals surface area contributed by atoms with Crippen LogP contribution in [0, 0.1) is 0 Å². The molecule has 6 rings (SSSR count). The van der Waals surface area contributed by atoms with E-state index < -0.39 is 0 Å². The quantitative estimate of drug-likeness (QED) is 0.347. The van der Waals surface area contributed by atoms with Crippen LogP contribution >= 0.6 is 11.3 Å². The fraction of sp³-hybridized carbons (Fsp3) is 0.345. The van der Waals surface area contributed by atoms with E-state index in [1.54, 1.807) is 17.5 Å². The highest BCUT2D eigenvalue weighted by molar-refractivity contribution is 7.22. The minimum Gasteiger partial charge on any atom is -0.457 e. The van der Waals surface area contributed by atoms with Crippen LogP contribution in [-0.4, -0.2) is 64.3 Å². The highest BCUT2D eigenvalue weighted by atomic mass is 32.1. The third-order valence-corrected chi connectivity index (χ3v) is 8.02. The van der Waals surface area contributed by atoms with Crippen LogP contribution in [0.3, 0.4) is 0 Å². The monoisotopic (exact) mass is 530 g/mol. The average Bonchev–Trinajstić information content (AvgIpc) is 3.36. The number of pyridine rings is 1. The Kier molecular flexibility index (Phi) is 7.22. The SMILES string of the molecule is O=C(c1cccc(-c2cc(Oc3ccc4nc(N[C@@H]5CCCC[C@H]5O)sc4c3)ccn2)c1)N1CCOCC1. The molecule has 2 aromatic carbocycles. The maximum atomic E-state index is 12.9. The van der Waals surface area contributed by atoms with Crippen LogP contribution in [0.1, 0.15) is 36.0 Å². The van der Waals surface area contributed by atoms with Gasteiger partial charge in [-0.25, -0.2) is 4.98 Å². The van der Waals surface area contributed by atoms with Crippen molar-refractivity contribution in [3.63, 3.8) is 0 Å². The van der Waals surface area contributed by atoms with Crippen molar-refractivity contribution in [2.24, 2.45) is 0 Å². The molecular formula is C29H30N4O4S. The van der Waals surface area contributed by atoms with Gasteiger partial charge in [-0.3, -0.25) is 9.78 Å². The summed E-state index contributed by atoms with van der Waals surface area (Å²) in [6.45, 7) is 2.35. The van der Waals surface area contributed by atoms with Crippen LogP contribution < -0.4 is 10.1 Å². The highest BCUT2D eigenvalue weighted by Crippen LogP contribution is 2.33. The second-order valence-corrected chi connectivity index (χ2v) is 10.7. The first-order valence-corrected chi connectivity index (χ1v) is 13.9. The molecule has 2 atom stereocenters. The standard InChI is InChI=1S/C29H30N4O4S/c34-26-7-2-1-6-23(26)31-29-32-24-9-8-21(18-27(24)38-29)37-22-10-11-30-25(17-22)19-4-3-5-20(16-19)28(35)33-12-14-36-15-13-33/h3-5,8-11,16-18,23,26,34H,1-2,6-7,12-15H2,(H,31,32)/t23-,26-/m1/s1. The van der Waals surface area contributed by atoms with Crippen molar-refractivity contribution in [3.05, 3.63) is 66.4 Å². The number of nitrogens with one attached hydrogen (secondary N) is 1. The summed E-state index contributed by atoms with van der Waals surface area (Å²) in [6, 6.07) is 17.1. The van der Waals surface area contributed by atoms with E-state index in [0.29, 0.717) is 43.4 Å². The van der Waals surface area contributed by atoms with Crippen LogP contribution in [0.5, 0.6) is 11.5 Å². The lowest BCUT2D eigenvalue weighted by atomic mass is 9.93. The number of thiazole rings is 1. The minimum absolute atomic E-state index is 0.00673. The van der Waals surface area contributed by atoms with Crippen molar-refractivity contribution < 1.29 is 19.4 Å². The Hall–Kier alpha value is -3.53. The Morgan fingerprint density at radius 1 is 1.05 bits per heavy atom. The number of morpholine rings is 1. The molecule has 2 N–H and O–H groups in total. The van der Waals surface area contributed by atoms with E-state index in [-0.39, 0.29) is 18.1 Å². The van der Waals surface area contributed by atoms with Crippen molar-refractivity contribution in [1.29, 1.82) is 0 Å². The molecule has 1 saturated heterocycles. The summed E-state index contributed by atoms with van der Waals surface area (Å²) in [4.78, 5) is 24.0. The number of aromatic nitrogens is 2. The summed E-state index contributed by atoms with van der Waals surface area (Å²) >= 11 is 1.56. The summed E-state index contributed by atoms with van der Waals surface area (Å²) in [6.07, 6.45) is 5.38. The number of hydrogen-bond donors (Lipinski definition) is 2. The molecule has 2 aliphatic rings. The molecule has 0 bridgehead atoms. The van der Waals surface area contributed by atoms with E-state index in [1.807, 2.05) is 59.5 Å². The molecule has 0 spiro atoms. The zero-order valence-electron chi connectivity index (χ0n) is 21.0. The highest BCUT2D eigenvalue weighted by Gasteiger charge is 2.24. The summed E-state index contributed by atoms with van der Waals surface area (Å²) in [5.41, 5.74) is 3.12. The smallest absolute Gasteiger partial charge is 0.254 e. The molecule has 1 saturated carbocycles. The van der Waals surface area contributed by atoms with Gasteiger partial charge in [0.1, 0.15) is 11.5 Å². The number of fused-ring (bicyclic) bond motifs is 1. The first-order chi connectivity index (χ1) is 18.6. The summed E-state index contributed by atoms with van der Waals surface area (Å²) in [7, 11) is 0. The third-order valence-electron chi connectivity index (χ3n) is 7.07. The first-order valence-electron chi connectivity index (χ1n) is 13.1. The number of ether oxygens (including phenoxy) is 2. The van der Waals surface area contributed by atoms with Gasteiger partial charge in [-0.05, 0) is 43.2 Å². The van der Waals surface area contributed by atoms with E-state index in [2.05, 4.69) is 10.3 Å². The van der Waals surface area contributed by atoms with Crippen molar-refractivity contribution in [2.75, 3.05) is 31.6 Å². The maximum absolute atomic E-state index is 12.9. The Balaban J connectivity index is 1.17. The first kappa shape index (κ1) is 24.8. The Morgan fingerprint density at radius 2 is 1.89 bits per heavy atom. The number of aliphatic hydroxyl groups is 1. The largest absolute Gasteiger partial charge is 0.457 e. The summed E-state index contributed by atoms with van der Waals surface area (Å²) < 4.78 is 12.6. The topological polar surface area (TPSA) is 96.8 Å². The molecule has 9 heteroatoms. The second-order valence-electron chi connectivity index (χ2n) is 9.72. The molecule has 0 unspecified atom stereocenters. The van der Waals surface area contributed by atoms with Crippen molar-refractivity contribution in [2.45, 2.75) is 37.8 Å². The fourth-order valence-corrected chi connectivity index (χ4v) is 5.95. The number of nitrogens with zero attached hydrogens (tertiary/aromatic N) is 3. The Morgan fingerprint density at radius 3 is 2.76 bits per heavy atom. The molecule has 4 aromatic rings. The van der Waals surface area contributed by atoms with Crippen LogP contribution in [0.4, 0.5) is 5.13 Å². The molecule has 1 aliphatic carbocycles. The van der Waals surface area contributed by atoms with Crippen molar-refractivity contribution >= 4 is 32.6 Å². The van der Waals surface area contributed by atoms with Gasteiger partial charge < -0.3 is 24.8 Å². The maximum Gasteiger partial charge on any atom is 0.254 e. The second kappa shape index (κ2) is 11.1. The predicted molar refractivity (Wildman–Crippen MR) is 148 cm³/mol. The van der Waals surface area contributed by atoms with Crippen LogP contribution in [0.2, 0.25) is 0 Å². The van der Waals surface area contributed by atoms with E-state index in [0.717, 1.165) is 52.3 Å². The van der Waals surface area contributed by atoms with Gasteiger partial charge in [0, 0.05) is 42.5 Å². The number of carbonyl (C=O) groups excluding carboxylic acids is 1. The number of carbonyl (C=O) groups is 1. The molecule has 196 valence electrons. The van der Waals surface area contributed by atoms with Gasteiger partial charge in [0.05, 0.1) is 41.3 Å². The lowest BCUT2D eigenvalue weighted by molar-refractivity contribution is 0.0303. The molecule has 2 fully saturated rings. The Labute approximate surface area is 225 Å². The summed E-state index contributed by atoms with van der Waals surface area (Å²) in [5.74, 6) is 1.37. The molecule has 8 nitrogen and oxygen atoms in total. The van der Waals surface area contributed by atoms with Crippen molar-refractivity contribution in [1.82, 2.24) is 14.9 Å². The van der Waals surface area contributed by atoms with Crippen molar-refractivity contribution in [3.8, 4) is 22.8 Å². The summed E-state index contributed by atoms with van der Waals surface area (Å²) in [5, 5.41) is 14.5. The van der Waals surface area contributed by atoms with Gasteiger partial charge in [-0.2, -0.15) is 0 Å². The molecule has 2 aromatic heterocycles. The number of hydrogen-bond acceptors (Lipinski definition) is 8. The number of amides is 1. The average molecular weight is 531 g/mol. The molecule has 1 aliphatic heterocycles. The normalized spacial score (nSPS) is 19.9. The predicted octanol–water partition coefficient (Wildman–Crippen LogP) is 5.34. The van der Waals surface area contributed by atoms with E-state index in [1.165, 1.54) is 0 Å². The zero-order valence-corrected chi connectivity index (χ0v) is 21.8. The van der Waals surface area contributed by atoms with Crippen LogP contribution in [0.15, 0.2) is 60.8 Å². The lowest BCUT2D eigenvalue weighted by Gasteiger charge is -2.27. The number of anilines is 1. The van der Waals surface area contributed by atoms with E-state index >= 15 is 0 Å². The minimum atomic E-state index is -0.325. The van der Waals surface area contributed by atoms with Crippen LogP contribution in [0.25, 0.3) is 21.5 Å². The van der Waals surface area contributed by atoms with Gasteiger partial charge in [0.25, 0.3) is 5.91 Å². The zero-order chi connectivity index (χ0) is 25.9. The number of benzene rings is 2. The third kappa shape index (κ3) is 5.50. The number of rotatable bonds is 6. The molecule has 0 radical (unpaired) electrons. The molecule has 3 heterocycles. The molecular weight excluding hydrogens is 500 g/mol. The number of aliphatic hydroxyl groups excluding tert-OH is 1. The Bertz CT molecular complexity index is 1440. The van der Waals surface area contributed by atoms with Gasteiger partial charge in [0.2, 0.25) is 0 Å². The van der Waals surface area contributed by atoms with E-state index in [9.17, 15) is 9.90 Å². The van der Waals surface area contributed by atoms with E-state index in [4.69, 9.17) is 14.5 Å². The van der Waals surface area contributed by atoms with Gasteiger partial charge >= 0.3 is 0 Å². The van der Waals surface area contributed by atoms with Crippen LogP contribution in [-0.2, 0) is 4.74 Å². The molecule has 38 heavy (non-hydrogen) atoms. The van der Waals surface area contributed by atoms with Gasteiger partial charge in [-0.1, -0.05) is 36.3 Å². The lowest BCUT2D eigenvalue weighted by Crippen LogP contribution is -2.40. The fourth-order valence-electron chi connectivity index (χ4n) is 5.00. The van der Waals surface area contributed by atoms with Gasteiger partial charge in [-0.15, -0.1) is 0 Å². The molecule has 1 amide bonds. The van der Waals surface area contributed by atoms with Gasteiger partial charge in [0.15, 0.2) is 5.13 Å².